The van der Waals surface area contributed by atoms with Gasteiger partial charge in [-0.25, -0.2) is 0 Å². The Morgan fingerprint density at radius 2 is 2.00 bits per heavy atom. The van der Waals surface area contributed by atoms with Gasteiger partial charge in [-0.3, -0.25) is 4.98 Å². The van der Waals surface area contributed by atoms with Crippen molar-refractivity contribution in [1.82, 2.24) is 4.98 Å². The lowest BCUT2D eigenvalue weighted by Gasteiger charge is -2.19. The Hall–Kier alpha value is -2.39. The van der Waals surface area contributed by atoms with Gasteiger partial charge >= 0.3 is 0 Å². The maximum absolute atomic E-state index is 6.50. The van der Waals surface area contributed by atoms with Gasteiger partial charge in [-0.1, -0.05) is 36.4 Å². The summed E-state index contributed by atoms with van der Waals surface area (Å²) < 4.78 is 5.75. The molecule has 1 aliphatic heterocycles. The van der Waals surface area contributed by atoms with Crippen LogP contribution in [0.25, 0.3) is 10.9 Å². The molecule has 3 aromatic rings. The second-order valence-electron chi connectivity index (χ2n) is 5.44. The highest BCUT2D eigenvalue weighted by Gasteiger charge is 2.29. The second kappa shape index (κ2) is 4.86. The molecule has 0 bridgehead atoms. The first-order chi connectivity index (χ1) is 10.3. The number of pyridine rings is 1. The largest absolute Gasteiger partial charge is 0.493 e. The van der Waals surface area contributed by atoms with E-state index in [1.165, 1.54) is 5.56 Å². The van der Waals surface area contributed by atoms with E-state index in [9.17, 15) is 0 Å². The van der Waals surface area contributed by atoms with Gasteiger partial charge in [0.25, 0.3) is 0 Å². The number of hydrogen-bond donors (Lipinski definition) is 1. The van der Waals surface area contributed by atoms with E-state index in [2.05, 4.69) is 35.3 Å². The van der Waals surface area contributed by atoms with Crippen LogP contribution in [-0.4, -0.2) is 11.6 Å². The van der Waals surface area contributed by atoms with E-state index in [0.717, 1.165) is 22.2 Å². The Bertz CT molecular complexity index is 800. The normalized spacial score (nSPS) is 18.2. The molecule has 0 aliphatic carbocycles. The van der Waals surface area contributed by atoms with Crippen molar-refractivity contribution >= 4 is 10.9 Å². The Balaban J connectivity index is 1.72. The molecular formula is C18H16N2O. The second-order valence-corrected chi connectivity index (χ2v) is 5.44. The monoisotopic (exact) mass is 276 g/mol. The molecule has 0 saturated heterocycles. The SMILES string of the molecule is NC(c1ccc2cccnc2c1)C1COc2ccccc21. The first-order valence-corrected chi connectivity index (χ1v) is 7.15. The molecule has 2 atom stereocenters. The molecule has 21 heavy (non-hydrogen) atoms. The van der Waals surface area contributed by atoms with E-state index in [0.29, 0.717) is 6.61 Å². The van der Waals surface area contributed by atoms with E-state index in [1.807, 2.05) is 30.5 Å². The Morgan fingerprint density at radius 1 is 1.10 bits per heavy atom. The molecule has 1 aromatic heterocycles. The topological polar surface area (TPSA) is 48.1 Å². The fourth-order valence-corrected chi connectivity index (χ4v) is 3.01. The number of ether oxygens (including phenoxy) is 1. The summed E-state index contributed by atoms with van der Waals surface area (Å²) >= 11 is 0. The number of para-hydroxylation sites is 1. The number of nitrogens with two attached hydrogens (primary N) is 1. The van der Waals surface area contributed by atoms with Crippen LogP contribution in [0.1, 0.15) is 23.1 Å². The third kappa shape index (κ3) is 2.06. The van der Waals surface area contributed by atoms with Crippen molar-refractivity contribution in [3.63, 3.8) is 0 Å². The number of fused-ring (bicyclic) bond motifs is 2. The molecule has 0 radical (unpaired) electrons. The lowest BCUT2D eigenvalue weighted by molar-refractivity contribution is 0.315. The summed E-state index contributed by atoms with van der Waals surface area (Å²) in [5, 5.41) is 1.14. The van der Waals surface area contributed by atoms with Crippen molar-refractivity contribution in [2.24, 2.45) is 5.73 Å². The summed E-state index contributed by atoms with van der Waals surface area (Å²) in [6, 6.07) is 18.3. The molecule has 2 N–H and O–H groups in total. The highest BCUT2D eigenvalue weighted by Crippen LogP contribution is 2.40. The first kappa shape index (κ1) is 12.4. The summed E-state index contributed by atoms with van der Waals surface area (Å²) in [5.74, 6) is 1.15. The van der Waals surface area contributed by atoms with Gasteiger partial charge in [0, 0.05) is 29.1 Å². The highest BCUT2D eigenvalue weighted by atomic mass is 16.5. The van der Waals surface area contributed by atoms with Crippen LogP contribution in [0.3, 0.4) is 0 Å². The fraction of sp³-hybridized carbons (Fsp3) is 0.167. The zero-order valence-electron chi connectivity index (χ0n) is 11.6. The van der Waals surface area contributed by atoms with E-state index in [4.69, 9.17) is 10.5 Å². The lowest BCUT2D eigenvalue weighted by atomic mass is 9.89. The van der Waals surface area contributed by atoms with Gasteiger partial charge in [-0.15, -0.1) is 0 Å². The molecule has 4 rings (SSSR count). The van der Waals surface area contributed by atoms with Gasteiger partial charge in [0.15, 0.2) is 0 Å². The minimum Gasteiger partial charge on any atom is -0.493 e. The average molecular weight is 276 g/mol. The van der Waals surface area contributed by atoms with Gasteiger partial charge in [-0.2, -0.15) is 0 Å². The Kier molecular flexibility index (Phi) is 2.86. The predicted molar refractivity (Wildman–Crippen MR) is 83.3 cm³/mol. The third-order valence-electron chi connectivity index (χ3n) is 4.19. The highest BCUT2D eigenvalue weighted by molar-refractivity contribution is 5.79. The minimum absolute atomic E-state index is 0.0833. The maximum atomic E-state index is 6.50. The minimum atomic E-state index is -0.0833. The van der Waals surface area contributed by atoms with Gasteiger partial charge < -0.3 is 10.5 Å². The van der Waals surface area contributed by atoms with Crippen molar-refractivity contribution in [3.8, 4) is 5.75 Å². The summed E-state index contributed by atoms with van der Waals surface area (Å²) in [5.41, 5.74) is 9.79. The number of aromatic nitrogens is 1. The van der Waals surface area contributed by atoms with E-state index < -0.39 is 0 Å². The van der Waals surface area contributed by atoms with Crippen LogP contribution in [0.5, 0.6) is 5.75 Å². The van der Waals surface area contributed by atoms with Crippen molar-refractivity contribution < 1.29 is 4.74 Å². The summed E-state index contributed by atoms with van der Waals surface area (Å²) in [6.45, 7) is 0.640. The standard InChI is InChI=1S/C18H16N2O/c19-18(15-11-21-17-6-2-1-5-14(15)17)13-8-7-12-4-3-9-20-16(12)10-13/h1-10,15,18H,11,19H2. The van der Waals surface area contributed by atoms with Crippen LogP contribution < -0.4 is 10.5 Å². The van der Waals surface area contributed by atoms with Crippen LogP contribution in [-0.2, 0) is 0 Å². The van der Waals surface area contributed by atoms with Crippen LogP contribution in [0.4, 0.5) is 0 Å². The molecular weight excluding hydrogens is 260 g/mol. The van der Waals surface area contributed by atoms with Crippen LogP contribution in [0, 0.1) is 0 Å². The van der Waals surface area contributed by atoms with Gasteiger partial charge in [0.05, 0.1) is 12.1 Å². The average Bonchev–Trinajstić information content (AvgIpc) is 2.98. The van der Waals surface area contributed by atoms with E-state index in [-0.39, 0.29) is 12.0 Å². The van der Waals surface area contributed by atoms with E-state index >= 15 is 0 Å². The molecule has 3 heteroatoms. The van der Waals surface area contributed by atoms with Gasteiger partial charge in [0.1, 0.15) is 5.75 Å². The molecule has 2 aromatic carbocycles. The maximum Gasteiger partial charge on any atom is 0.122 e. The fourth-order valence-electron chi connectivity index (χ4n) is 3.01. The van der Waals surface area contributed by atoms with Gasteiger partial charge in [-0.05, 0) is 23.8 Å². The molecule has 0 saturated carbocycles. The third-order valence-corrected chi connectivity index (χ3v) is 4.19. The van der Waals surface area contributed by atoms with Crippen molar-refractivity contribution in [3.05, 3.63) is 71.9 Å². The smallest absolute Gasteiger partial charge is 0.122 e. The summed E-state index contributed by atoms with van der Waals surface area (Å²) in [4.78, 5) is 4.41. The zero-order valence-corrected chi connectivity index (χ0v) is 11.6. The quantitative estimate of drug-likeness (QED) is 0.780. The molecule has 1 aliphatic rings. The molecule has 2 heterocycles. The molecule has 104 valence electrons. The number of nitrogens with zero attached hydrogens (tertiary/aromatic N) is 1. The van der Waals surface area contributed by atoms with Crippen molar-refractivity contribution in [2.75, 3.05) is 6.61 Å². The predicted octanol–water partition coefficient (Wildman–Crippen LogP) is 3.41. The molecule has 0 amide bonds. The molecule has 0 spiro atoms. The summed E-state index contributed by atoms with van der Waals surface area (Å²) in [6.07, 6.45) is 1.81. The van der Waals surface area contributed by atoms with Crippen molar-refractivity contribution in [1.29, 1.82) is 0 Å². The summed E-state index contributed by atoms with van der Waals surface area (Å²) in [7, 11) is 0. The molecule has 2 unspecified atom stereocenters. The number of rotatable bonds is 2. The van der Waals surface area contributed by atoms with Gasteiger partial charge in [0.2, 0.25) is 0 Å². The number of hydrogen-bond acceptors (Lipinski definition) is 3. The van der Waals surface area contributed by atoms with E-state index in [1.54, 1.807) is 0 Å². The lowest BCUT2D eigenvalue weighted by Crippen LogP contribution is -2.21. The van der Waals surface area contributed by atoms with Crippen LogP contribution in [0.2, 0.25) is 0 Å². The molecule has 0 fully saturated rings. The Labute approximate surface area is 123 Å². The first-order valence-electron chi connectivity index (χ1n) is 7.15. The zero-order chi connectivity index (χ0) is 14.2. The van der Waals surface area contributed by atoms with Crippen LogP contribution in [0.15, 0.2) is 60.8 Å². The Morgan fingerprint density at radius 3 is 2.95 bits per heavy atom. The van der Waals surface area contributed by atoms with Crippen molar-refractivity contribution in [2.45, 2.75) is 12.0 Å². The van der Waals surface area contributed by atoms with Crippen LogP contribution >= 0.6 is 0 Å². The number of benzene rings is 2. The molecule has 3 nitrogen and oxygen atoms in total.